The second-order valence-electron chi connectivity index (χ2n) is 7.46. The molecule has 1 atom stereocenters. The van der Waals surface area contributed by atoms with E-state index in [2.05, 4.69) is 10.3 Å². The van der Waals surface area contributed by atoms with E-state index in [1.165, 1.54) is 0 Å². The fraction of sp³-hybridized carbons (Fsp3) is 0.474. The van der Waals surface area contributed by atoms with Crippen LogP contribution in [-0.4, -0.2) is 28.6 Å². The van der Waals surface area contributed by atoms with Crippen molar-refractivity contribution in [2.45, 2.75) is 45.6 Å². The number of hydrogen-bond donors (Lipinski definition) is 2. The Kier molecular flexibility index (Phi) is 4.45. The molecule has 1 saturated carbocycles. The van der Waals surface area contributed by atoms with E-state index in [-0.39, 0.29) is 23.8 Å². The molecular weight excluding hydrogens is 304 g/mol. The van der Waals surface area contributed by atoms with Crippen LogP contribution in [-0.2, 0) is 0 Å². The molecule has 128 valence electrons. The van der Waals surface area contributed by atoms with Gasteiger partial charge in [-0.3, -0.25) is 4.79 Å². The van der Waals surface area contributed by atoms with Crippen molar-refractivity contribution in [1.82, 2.24) is 10.3 Å². The van der Waals surface area contributed by atoms with Crippen molar-refractivity contribution < 1.29 is 14.3 Å². The van der Waals surface area contributed by atoms with Crippen LogP contribution in [0.1, 0.15) is 55.8 Å². The zero-order valence-electron chi connectivity index (χ0n) is 14.4. The van der Waals surface area contributed by atoms with E-state index in [1.54, 1.807) is 0 Å². The third-order valence-corrected chi connectivity index (χ3v) is 4.29. The highest BCUT2D eigenvalue weighted by Crippen LogP contribution is 2.43. The predicted molar refractivity (Wildman–Crippen MR) is 91.7 cm³/mol. The third kappa shape index (κ3) is 3.67. The van der Waals surface area contributed by atoms with Crippen molar-refractivity contribution >= 4 is 5.91 Å². The minimum absolute atomic E-state index is 0.194. The summed E-state index contributed by atoms with van der Waals surface area (Å²) in [6, 6.07) is 9.57. The van der Waals surface area contributed by atoms with E-state index in [1.807, 2.05) is 51.1 Å². The van der Waals surface area contributed by atoms with Crippen LogP contribution in [0.25, 0.3) is 11.5 Å². The summed E-state index contributed by atoms with van der Waals surface area (Å²) in [5.41, 5.74) is 0.914. The van der Waals surface area contributed by atoms with Gasteiger partial charge in [0.1, 0.15) is 5.76 Å². The molecule has 1 aromatic carbocycles. The van der Waals surface area contributed by atoms with Crippen molar-refractivity contribution in [3.8, 4) is 11.5 Å². The number of carbonyl (C=O) groups excluding carboxylic acids is 1. The molecule has 1 aliphatic carbocycles. The van der Waals surface area contributed by atoms with Crippen molar-refractivity contribution in [2.75, 3.05) is 6.54 Å². The Hall–Kier alpha value is -2.14. The highest BCUT2D eigenvalue weighted by Gasteiger charge is 2.34. The maximum Gasteiger partial charge on any atom is 0.273 e. The van der Waals surface area contributed by atoms with Gasteiger partial charge in [0.2, 0.25) is 5.89 Å². The lowest BCUT2D eigenvalue weighted by molar-refractivity contribution is 0.0585. The van der Waals surface area contributed by atoms with Crippen LogP contribution in [0.2, 0.25) is 0 Å². The molecule has 0 radical (unpaired) electrons. The van der Waals surface area contributed by atoms with Crippen molar-refractivity contribution in [3.63, 3.8) is 0 Å². The quantitative estimate of drug-likeness (QED) is 0.882. The lowest BCUT2D eigenvalue weighted by Gasteiger charge is -2.25. The second-order valence-corrected chi connectivity index (χ2v) is 7.46. The summed E-state index contributed by atoms with van der Waals surface area (Å²) in [6.07, 6.45) is 1.43. The minimum atomic E-state index is -0.619. The number of rotatable bonds is 5. The van der Waals surface area contributed by atoms with Gasteiger partial charge in [-0.1, -0.05) is 39.0 Å². The lowest BCUT2D eigenvalue weighted by Crippen LogP contribution is -2.39. The van der Waals surface area contributed by atoms with Gasteiger partial charge < -0.3 is 14.8 Å². The Labute approximate surface area is 142 Å². The molecule has 0 spiro atoms. The third-order valence-electron chi connectivity index (χ3n) is 4.29. The summed E-state index contributed by atoms with van der Waals surface area (Å²) in [5.74, 6) is 1.13. The SMILES string of the molecule is CC(C)(C)C(O)CNC(=O)c1nc(-c2ccccc2)oc1C1CC1. The van der Waals surface area contributed by atoms with Gasteiger partial charge in [-0.2, -0.15) is 0 Å². The van der Waals surface area contributed by atoms with Crippen LogP contribution >= 0.6 is 0 Å². The maximum atomic E-state index is 12.5. The van der Waals surface area contributed by atoms with Crippen LogP contribution < -0.4 is 5.32 Å². The molecule has 5 heteroatoms. The largest absolute Gasteiger partial charge is 0.440 e. The van der Waals surface area contributed by atoms with Gasteiger partial charge in [0.25, 0.3) is 5.91 Å². The number of aromatic nitrogens is 1. The number of aliphatic hydroxyl groups excluding tert-OH is 1. The highest BCUT2D eigenvalue weighted by molar-refractivity contribution is 5.94. The van der Waals surface area contributed by atoms with Crippen LogP contribution in [0.4, 0.5) is 0 Å². The Morgan fingerprint density at radius 1 is 1.33 bits per heavy atom. The van der Waals surface area contributed by atoms with Gasteiger partial charge >= 0.3 is 0 Å². The number of carbonyl (C=O) groups is 1. The number of hydrogen-bond acceptors (Lipinski definition) is 4. The van der Waals surface area contributed by atoms with Crippen molar-refractivity contribution in [2.24, 2.45) is 5.41 Å². The first kappa shape index (κ1) is 16.7. The smallest absolute Gasteiger partial charge is 0.273 e. The van der Waals surface area contributed by atoms with Crippen LogP contribution in [0.3, 0.4) is 0 Å². The molecule has 2 aromatic rings. The van der Waals surface area contributed by atoms with Gasteiger partial charge in [-0.15, -0.1) is 0 Å². The zero-order valence-corrected chi connectivity index (χ0v) is 14.4. The number of oxazole rings is 1. The van der Waals surface area contributed by atoms with E-state index in [0.717, 1.165) is 18.4 Å². The molecule has 0 aliphatic heterocycles. The summed E-state index contributed by atoms with van der Waals surface area (Å²) in [7, 11) is 0. The lowest BCUT2D eigenvalue weighted by atomic mass is 9.89. The molecule has 0 bridgehead atoms. The van der Waals surface area contributed by atoms with Crippen LogP contribution in [0, 0.1) is 5.41 Å². The van der Waals surface area contributed by atoms with E-state index < -0.39 is 6.10 Å². The molecule has 5 nitrogen and oxygen atoms in total. The Morgan fingerprint density at radius 3 is 2.58 bits per heavy atom. The van der Waals surface area contributed by atoms with E-state index in [0.29, 0.717) is 17.3 Å². The van der Waals surface area contributed by atoms with Gasteiger partial charge in [0, 0.05) is 18.0 Å². The molecule has 1 amide bonds. The van der Waals surface area contributed by atoms with Crippen LogP contribution in [0.5, 0.6) is 0 Å². The summed E-state index contributed by atoms with van der Waals surface area (Å²) in [6.45, 7) is 6.00. The topological polar surface area (TPSA) is 75.4 Å². The molecule has 3 rings (SSSR count). The van der Waals surface area contributed by atoms with Crippen LogP contribution in [0.15, 0.2) is 34.7 Å². The first-order valence-corrected chi connectivity index (χ1v) is 8.38. The standard InChI is InChI=1S/C19H24N2O3/c1-19(2,3)14(22)11-20-17(23)15-16(12-9-10-12)24-18(21-15)13-7-5-4-6-8-13/h4-8,12,14,22H,9-11H2,1-3H3,(H,20,23). The number of benzene rings is 1. The number of aliphatic hydroxyl groups is 1. The summed E-state index contributed by atoms with van der Waals surface area (Å²) < 4.78 is 5.89. The number of nitrogens with zero attached hydrogens (tertiary/aromatic N) is 1. The number of amides is 1. The van der Waals surface area contributed by atoms with E-state index in [4.69, 9.17) is 4.42 Å². The maximum absolute atomic E-state index is 12.5. The summed E-state index contributed by atoms with van der Waals surface area (Å²) >= 11 is 0. The predicted octanol–water partition coefficient (Wildman–Crippen LogP) is 3.36. The molecule has 1 aliphatic rings. The Morgan fingerprint density at radius 2 is 2.00 bits per heavy atom. The zero-order chi connectivity index (χ0) is 17.3. The first-order valence-electron chi connectivity index (χ1n) is 8.38. The normalized spacial score (nSPS) is 16.0. The Bertz CT molecular complexity index is 712. The number of nitrogens with one attached hydrogen (secondary N) is 1. The minimum Gasteiger partial charge on any atom is -0.440 e. The first-order chi connectivity index (χ1) is 11.4. The second kappa shape index (κ2) is 6.40. The van der Waals surface area contributed by atoms with E-state index >= 15 is 0 Å². The molecule has 1 unspecified atom stereocenters. The molecule has 1 fully saturated rings. The van der Waals surface area contributed by atoms with Crippen molar-refractivity contribution in [3.05, 3.63) is 41.8 Å². The summed E-state index contributed by atoms with van der Waals surface area (Å²) in [4.78, 5) is 17.0. The Balaban J connectivity index is 1.79. The molecule has 1 aromatic heterocycles. The molecule has 1 heterocycles. The highest BCUT2D eigenvalue weighted by atomic mass is 16.4. The molecular formula is C19H24N2O3. The average Bonchev–Trinajstić information content (AvgIpc) is 3.30. The van der Waals surface area contributed by atoms with Crippen molar-refractivity contribution in [1.29, 1.82) is 0 Å². The molecule has 2 N–H and O–H groups in total. The van der Waals surface area contributed by atoms with Gasteiger partial charge in [-0.25, -0.2) is 4.98 Å². The fourth-order valence-electron chi connectivity index (χ4n) is 2.40. The average molecular weight is 328 g/mol. The van der Waals surface area contributed by atoms with Gasteiger partial charge in [-0.05, 0) is 30.4 Å². The van der Waals surface area contributed by atoms with Gasteiger partial charge in [0.05, 0.1) is 6.10 Å². The van der Waals surface area contributed by atoms with E-state index in [9.17, 15) is 9.90 Å². The molecule has 0 saturated heterocycles. The fourth-order valence-corrected chi connectivity index (χ4v) is 2.40. The summed E-state index contributed by atoms with van der Waals surface area (Å²) in [5, 5.41) is 12.9. The van der Waals surface area contributed by atoms with Gasteiger partial charge in [0.15, 0.2) is 5.69 Å². The molecule has 24 heavy (non-hydrogen) atoms. The monoisotopic (exact) mass is 328 g/mol.